The van der Waals surface area contributed by atoms with Crippen LogP contribution in [0.25, 0.3) is 21.3 Å². The van der Waals surface area contributed by atoms with Gasteiger partial charge in [0.05, 0.1) is 24.9 Å². The molecule has 0 saturated heterocycles. The molecule has 0 aliphatic rings. The van der Waals surface area contributed by atoms with Gasteiger partial charge >= 0.3 is 0 Å². The van der Waals surface area contributed by atoms with Crippen molar-refractivity contribution >= 4 is 27.5 Å². The minimum absolute atomic E-state index is 0.0710. The van der Waals surface area contributed by atoms with Crippen molar-refractivity contribution in [1.82, 2.24) is 19.8 Å². The fourth-order valence-electron chi connectivity index (χ4n) is 3.79. The van der Waals surface area contributed by atoms with E-state index in [1.165, 1.54) is 34.4 Å². The second kappa shape index (κ2) is 10.1. The van der Waals surface area contributed by atoms with Crippen LogP contribution in [0, 0.1) is 5.82 Å². The highest BCUT2D eigenvalue weighted by Crippen LogP contribution is 2.30. The van der Waals surface area contributed by atoms with Gasteiger partial charge in [-0.3, -0.25) is 14.2 Å². The van der Waals surface area contributed by atoms with E-state index >= 15 is 0 Å². The van der Waals surface area contributed by atoms with Crippen molar-refractivity contribution in [3.05, 3.63) is 82.0 Å². The second-order valence-corrected chi connectivity index (χ2v) is 8.93. The number of fused-ring (bicyclic) bond motifs is 1. The highest BCUT2D eigenvalue weighted by molar-refractivity contribution is 7.17. The van der Waals surface area contributed by atoms with E-state index in [0.29, 0.717) is 22.3 Å². The number of ether oxygens (including phenoxy) is 1. The molecule has 0 radical (unpaired) electrons. The number of hydrogen-bond donors (Lipinski definition) is 1. The number of methoxy groups -OCH3 is 1. The molecule has 1 unspecified atom stereocenters. The molecule has 1 amide bonds. The average molecular weight is 481 g/mol. The van der Waals surface area contributed by atoms with Crippen molar-refractivity contribution in [3.63, 3.8) is 0 Å². The molecular weight excluding hydrogens is 455 g/mol. The number of halogens is 1. The van der Waals surface area contributed by atoms with Crippen LogP contribution in [0.15, 0.2) is 65.0 Å². The lowest BCUT2D eigenvalue weighted by atomic mass is 10.1. The fourth-order valence-corrected chi connectivity index (χ4v) is 4.70. The van der Waals surface area contributed by atoms with Crippen LogP contribution in [0.4, 0.5) is 4.39 Å². The van der Waals surface area contributed by atoms with Crippen LogP contribution in [-0.4, -0.2) is 48.1 Å². The number of nitrogens with one attached hydrogen (secondary N) is 1. The number of likely N-dealkylation sites (N-methyl/N-ethyl adjacent to an activating group) is 1. The van der Waals surface area contributed by atoms with E-state index in [-0.39, 0.29) is 29.9 Å². The van der Waals surface area contributed by atoms with Crippen LogP contribution in [-0.2, 0) is 11.3 Å². The van der Waals surface area contributed by atoms with Crippen molar-refractivity contribution in [1.29, 1.82) is 0 Å². The number of carbonyl (C=O) groups excluding carboxylic acids is 1. The molecule has 4 rings (SSSR count). The zero-order valence-corrected chi connectivity index (χ0v) is 19.9. The molecule has 0 bridgehead atoms. The standard InChI is InChI=1S/C25H25FN4O3S/c1-29(2)21(17-5-4-6-19(11-17)33-3)12-27-22(31)13-30-15-28-24-23(25(30)32)20(14-34-24)16-7-9-18(26)10-8-16/h4-11,14-15,21H,12-13H2,1-3H3,(H,27,31). The van der Waals surface area contributed by atoms with Crippen molar-refractivity contribution in [2.24, 2.45) is 0 Å². The lowest BCUT2D eigenvalue weighted by Gasteiger charge is -2.25. The largest absolute Gasteiger partial charge is 0.497 e. The van der Waals surface area contributed by atoms with Crippen LogP contribution in [0.5, 0.6) is 5.75 Å². The van der Waals surface area contributed by atoms with Gasteiger partial charge in [0.1, 0.15) is 22.9 Å². The highest BCUT2D eigenvalue weighted by atomic mass is 32.1. The minimum Gasteiger partial charge on any atom is -0.497 e. The summed E-state index contributed by atoms with van der Waals surface area (Å²) in [6.07, 6.45) is 1.39. The Kier molecular flexibility index (Phi) is 7.04. The van der Waals surface area contributed by atoms with Crippen molar-refractivity contribution < 1.29 is 13.9 Å². The average Bonchev–Trinajstić information content (AvgIpc) is 3.26. The Bertz CT molecular complexity index is 1360. The molecule has 7 nitrogen and oxygen atoms in total. The molecular formula is C25H25FN4O3S. The Balaban J connectivity index is 1.52. The maximum Gasteiger partial charge on any atom is 0.263 e. The third kappa shape index (κ3) is 5.00. The number of rotatable bonds is 8. The Labute approximate surface area is 200 Å². The maximum atomic E-state index is 13.3. The summed E-state index contributed by atoms with van der Waals surface area (Å²) < 4.78 is 19.9. The number of aromatic nitrogens is 2. The fraction of sp³-hybridized carbons (Fsp3) is 0.240. The molecule has 4 aromatic rings. The van der Waals surface area contributed by atoms with Gasteiger partial charge in [-0.05, 0) is 49.5 Å². The quantitative estimate of drug-likeness (QED) is 0.416. The summed E-state index contributed by atoms with van der Waals surface area (Å²) in [5.41, 5.74) is 2.10. The first-order valence-electron chi connectivity index (χ1n) is 10.7. The molecule has 9 heteroatoms. The molecule has 34 heavy (non-hydrogen) atoms. The molecule has 1 atom stereocenters. The Hall–Kier alpha value is -3.56. The van der Waals surface area contributed by atoms with Crippen LogP contribution in [0.3, 0.4) is 0 Å². The normalized spacial score (nSPS) is 12.1. The first-order chi connectivity index (χ1) is 16.4. The third-order valence-electron chi connectivity index (χ3n) is 5.62. The van der Waals surface area contributed by atoms with Gasteiger partial charge in [0, 0.05) is 17.5 Å². The van der Waals surface area contributed by atoms with E-state index in [1.807, 2.05) is 48.6 Å². The van der Waals surface area contributed by atoms with Gasteiger partial charge in [0.15, 0.2) is 0 Å². The summed E-state index contributed by atoms with van der Waals surface area (Å²) in [5.74, 6) is 0.103. The van der Waals surface area contributed by atoms with Crippen molar-refractivity contribution in [2.75, 3.05) is 27.7 Å². The van der Waals surface area contributed by atoms with Gasteiger partial charge in [-0.25, -0.2) is 9.37 Å². The molecule has 0 spiro atoms. The summed E-state index contributed by atoms with van der Waals surface area (Å²) in [6.45, 7) is 0.210. The van der Waals surface area contributed by atoms with Crippen molar-refractivity contribution in [2.45, 2.75) is 12.6 Å². The van der Waals surface area contributed by atoms with E-state index < -0.39 is 0 Å². The summed E-state index contributed by atoms with van der Waals surface area (Å²) in [6, 6.07) is 13.6. The lowest BCUT2D eigenvalue weighted by molar-refractivity contribution is -0.121. The zero-order chi connectivity index (χ0) is 24.2. The number of amides is 1. The van der Waals surface area contributed by atoms with Gasteiger partial charge in [-0.15, -0.1) is 11.3 Å². The lowest BCUT2D eigenvalue weighted by Crippen LogP contribution is -2.37. The molecule has 2 aromatic heterocycles. The Morgan fingerprint density at radius 1 is 1.24 bits per heavy atom. The van der Waals surface area contributed by atoms with Gasteiger partial charge in [-0.2, -0.15) is 0 Å². The topological polar surface area (TPSA) is 76.5 Å². The first-order valence-corrected chi connectivity index (χ1v) is 11.5. The highest BCUT2D eigenvalue weighted by Gasteiger charge is 2.18. The Morgan fingerprint density at radius 3 is 2.71 bits per heavy atom. The van der Waals surface area contributed by atoms with Crippen LogP contribution in [0.2, 0.25) is 0 Å². The molecule has 176 valence electrons. The van der Waals surface area contributed by atoms with Crippen molar-refractivity contribution in [3.8, 4) is 16.9 Å². The molecule has 0 aliphatic carbocycles. The SMILES string of the molecule is COc1cccc(C(CNC(=O)Cn2cnc3scc(-c4ccc(F)cc4)c3c2=O)N(C)C)c1. The molecule has 0 saturated carbocycles. The number of benzene rings is 2. The molecule has 1 N–H and O–H groups in total. The summed E-state index contributed by atoms with van der Waals surface area (Å²) >= 11 is 1.34. The number of nitrogens with zero attached hydrogens (tertiary/aromatic N) is 3. The molecule has 0 fully saturated rings. The van der Waals surface area contributed by atoms with E-state index in [2.05, 4.69) is 10.3 Å². The molecule has 0 aliphatic heterocycles. The minimum atomic E-state index is -0.347. The van der Waals surface area contributed by atoms with E-state index in [1.54, 1.807) is 19.2 Å². The maximum absolute atomic E-state index is 13.3. The van der Waals surface area contributed by atoms with E-state index in [4.69, 9.17) is 4.74 Å². The third-order valence-corrected chi connectivity index (χ3v) is 6.51. The monoisotopic (exact) mass is 480 g/mol. The zero-order valence-electron chi connectivity index (χ0n) is 19.1. The summed E-state index contributed by atoms with van der Waals surface area (Å²) in [5, 5.41) is 5.17. The van der Waals surface area contributed by atoms with Gasteiger partial charge in [-0.1, -0.05) is 24.3 Å². The van der Waals surface area contributed by atoms with Gasteiger partial charge in [0.2, 0.25) is 5.91 Å². The van der Waals surface area contributed by atoms with Gasteiger partial charge in [0.25, 0.3) is 5.56 Å². The predicted molar refractivity (Wildman–Crippen MR) is 132 cm³/mol. The summed E-state index contributed by atoms with van der Waals surface area (Å²) in [4.78, 5) is 32.8. The number of thiophene rings is 1. The molecule has 2 heterocycles. The predicted octanol–water partition coefficient (Wildman–Crippen LogP) is 3.69. The summed E-state index contributed by atoms with van der Waals surface area (Å²) in [7, 11) is 5.49. The van der Waals surface area contributed by atoms with E-state index in [0.717, 1.165) is 16.9 Å². The Morgan fingerprint density at radius 2 is 2.00 bits per heavy atom. The van der Waals surface area contributed by atoms with Crippen LogP contribution < -0.4 is 15.6 Å². The van der Waals surface area contributed by atoms with Crippen LogP contribution >= 0.6 is 11.3 Å². The molecule has 2 aromatic carbocycles. The second-order valence-electron chi connectivity index (χ2n) is 8.07. The van der Waals surface area contributed by atoms with E-state index in [9.17, 15) is 14.0 Å². The van der Waals surface area contributed by atoms with Gasteiger partial charge < -0.3 is 15.0 Å². The smallest absolute Gasteiger partial charge is 0.263 e. The van der Waals surface area contributed by atoms with Crippen LogP contribution in [0.1, 0.15) is 11.6 Å². The number of carbonyl (C=O) groups is 1. The number of hydrogen-bond acceptors (Lipinski definition) is 6. The first kappa shape index (κ1) is 23.6.